The highest BCUT2D eigenvalue weighted by Crippen LogP contribution is 2.21. The number of amides is 1. The van der Waals surface area contributed by atoms with Crippen molar-refractivity contribution in [2.75, 3.05) is 0 Å². The normalized spacial score (nSPS) is 10.6. The minimum absolute atomic E-state index is 0.296. The number of hydrogen-bond donors (Lipinski definition) is 1. The molecular weight excluding hydrogens is 400 g/mol. The van der Waals surface area contributed by atoms with E-state index in [4.69, 9.17) is 9.47 Å². The molecule has 1 N–H and O–H groups in total. The van der Waals surface area contributed by atoms with Crippen LogP contribution in [-0.2, 0) is 6.61 Å². The van der Waals surface area contributed by atoms with Crippen LogP contribution in [0.5, 0.6) is 17.2 Å². The molecule has 0 aliphatic carbocycles. The second-order valence-corrected chi connectivity index (χ2v) is 6.98. The van der Waals surface area contributed by atoms with E-state index in [-0.39, 0.29) is 5.91 Å². The van der Waals surface area contributed by atoms with Crippen LogP contribution < -0.4 is 14.9 Å². The van der Waals surface area contributed by atoms with E-state index in [2.05, 4.69) is 10.5 Å². The summed E-state index contributed by atoms with van der Waals surface area (Å²) in [7, 11) is 0. The maximum Gasteiger partial charge on any atom is 0.271 e. The predicted molar refractivity (Wildman–Crippen MR) is 125 cm³/mol. The number of ether oxygens (including phenoxy) is 2. The molecule has 0 unspecified atom stereocenters. The molecule has 158 valence electrons. The molecule has 32 heavy (non-hydrogen) atoms. The van der Waals surface area contributed by atoms with Crippen LogP contribution in [0.2, 0.25) is 0 Å². The van der Waals surface area contributed by atoms with Crippen molar-refractivity contribution in [1.29, 1.82) is 0 Å². The quantitative estimate of drug-likeness (QED) is 0.287. The van der Waals surface area contributed by atoms with E-state index in [1.807, 2.05) is 84.9 Å². The Morgan fingerprint density at radius 1 is 0.719 bits per heavy atom. The first-order valence-corrected chi connectivity index (χ1v) is 10.2. The van der Waals surface area contributed by atoms with E-state index < -0.39 is 0 Å². The molecule has 4 aromatic carbocycles. The van der Waals surface area contributed by atoms with Crippen LogP contribution in [0.15, 0.2) is 114 Å². The Morgan fingerprint density at radius 2 is 1.31 bits per heavy atom. The second kappa shape index (κ2) is 10.6. The molecule has 0 fully saturated rings. The Labute approximate surface area is 187 Å². The predicted octanol–water partition coefficient (Wildman–Crippen LogP) is 5.82. The largest absolute Gasteiger partial charge is 0.489 e. The first-order chi connectivity index (χ1) is 15.8. The number of carbonyl (C=O) groups is 1. The molecule has 0 aliphatic heterocycles. The van der Waals surface area contributed by atoms with Crippen molar-refractivity contribution >= 4 is 12.1 Å². The number of nitrogens with zero attached hydrogens (tertiary/aromatic N) is 1. The van der Waals surface area contributed by atoms with Gasteiger partial charge in [-0.15, -0.1) is 0 Å². The number of para-hydroxylation sites is 1. The van der Waals surface area contributed by atoms with Crippen LogP contribution in [0.4, 0.5) is 0 Å². The summed E-state index contributed by atoms with van der Waals surface area (Å²) in [6.07, 6.45) is 1.59. The fraction of sp³-hybridized carbons (Fsp3) is 0.0370. The maximum absolute atomic E-state index is 12.3. The molecule has 5 nitrogen and oxygen atoms in total. The summed E-state index contributed by atoms with van der Waals surface area (Å²) in [5, 5.41) is 4.03. The summed E-state index contributed by atoms with van der Waals surface area (Å²) in [5.74, 6) is 1.87. The lowest BCUT2D eigenvalue weighted by Crippen LogP contribution is -2.17. The number of hydrogen-bond acceptors (Lipinski definition) is 4. The third kappa shape index (κ3) is 6.06. The summed E-state index contributed by atoms with van der Waals surface area (Å²) < 4.78 is 11.5. The molecule has 1 amide bonds. The molecule has 0 radical (unpaired) electrons. The average Bonchev–Trinajstić information content (AvgIpc) is 2.85. The van der Waals surface area contributed by atoms with Crippen LogP contribution in [0.25, 0.3) is 0 Å². The lowest BCUT2D eigenvalue weighted by molar-refractivity contribution is 0.0955. The number of hydrazone groups is 1. The third-order valence-corrected chi connectivity index (χ3v) is 4.60. The molecule has 0 atom stereocenters. The number of benzene rings is 4. The summed E-state index contributed by atoms with van der Waals surface area (Å²) in [6, 6.07) is 33.9. The average molecular weight is 422 g/mol. The number of carbonyl (C=O) groups excluding carboxylic acids is 1. The van der Waals surface area contributed by atoms with Gasteiger partial charge in [0.15, 0.2) is 0 Å². The summed E-state index contributed by atoms with van der Waals surface area (Å²) in [5.41, 5.74) is 4.99. The van der Waals surface area contributed by atoms with Gasteiger partial charge >= 0.3 is 0 Å². The molecule has 0 saturated carbocycles. The minimum Gasteiger partial charge on any atom is -0.489 e. The van der Waals surface area contributed by atoms with Crippen molar-refractivity contribution in [3.63, 3.8) is 0 Å². The zero-order valence-electron chi connectivity index (χ0n) is 17.3. The topological polar surface area (TPSA) is 59.9 Å². The molecule has 0 saturated heterocycles. The third-order valence-electron chi connectivity index (χ3n) is 4.60. The van der Waals surface area contributed by atoms with Crippen LogP contribution in [-0.4, -0.2) is 12.1 Å². The Balaban J connectivity index is 1.26. The Hall–Kier alpha value is -4.38. The van der Waals surface area contributed by atoms with Gasteiger partial charge in [0.05, 0.1) is 6.21 Å². The van der Waals surface area contributed by atoms with E-state index in [1.54, 1.807) is 30.5 Å². The van der Waals surface area contributed by atoms with Crippen LogP contribution >= 0.6 is 0 Å². The van der Waals surface area contributed by atoms with Gasteiger partial charge in [-0.1, -0.05) is 48.5 Å². The van der Waals surface area contributed by atoms with E-state index in [9.17, 15) is 4.79 Å². The lowest BCUT2D eigenvalue weighted by atomic mass is 10.2. The molecule has 0 bridgehead atoms. The fourth-order valence-corrected chi connectivity index (χ4v) is 2.92. The SMILES string of the molecule is O=C(N/N=C/c1ccc(OCc2ccccc2)cc1)c1ccc(Oc2ccccc2)cc1. The van der Waals surface area contributed by atoms with Crippen LogP contribution in [0.3, 0.4) is 0 Å². The van der Waals surface area contributed by atoms with Crippen molar-refractivity contribution in [1.82, 2.24) is 5.43 Å². The highest BCUT2D eigenvalue weighted by Gasteiger charge is 2.05. The van der Waals surface area contributed by atoms with E-state index in [0.29, 0.717) is 17.9 Å². The monoisotopic (exact) mass is 422 g/mol. The van der Waals surface area contributed by atoms with E-state index >= 15 is 0 Å². The minimum atomic E-state index is -0.296. The van der Waals surface area contributed by atoms with E-state index in [1.165, 1.54) is 0 Å². The van der Waals surface area contributed by atoms with Gasteiger partial charge in [-0.05, 0) is 71.8 Å². The molecule has 4 aromatic rings. The van der Waals surface area contributed by atoms with Crippen LogP contribution in [0, 0.1) is 0 Å². The molecule has 5 heteroatoms. The van der Waals surface area contributed by atoms with Crippen molar-refractivity contribution in [3.05, 3.63) is 126 Å². The Kier molecular flexibility index (Phi) is 6.91. The molecular formula is C27H22N2O3. The highest BCUT2D eigenvalue weighted by atomic mass is 16.5. The molecule has 0 spiro atoms. The number of nitrogens with one attached hydrogen (secondary N) is 1. The lowest BCUT2D eigenvalue weighted by Gasteiger charge is -2.06. The molecule has 0 aromatic heterocycles. The van der Waals surface area contributed by atoms with Gasteiger partial charge in [0.25, 0.3) is 5.91 Å². The van der Waals surface area contributed by atoms with Gasteiger partial charge in [0.2, 0.25) is 0 Å². The van der Waals surface area contributed by atoms with Crippen LogP contribution in [0.1, 0.15) is 21.5 Å². The first-order valence-electron chi connectivity index (χ1n) is 10.2. The standard InChI is InChI=1S/C27H22N2O3/c30-27(23-13-17-26(18-14-23)32-25-9-5-2-6-10-25)29-28-19-21-11-15-24(16-12-21)31-20-22-7-3-1-4-8-22/h1-19H,20H2,(H,29,30)/b28-19+. The zero-order valence-corrected chi connectivity index (χ0v) is 17.3. The first kappa shape index (κ1) is 20.9. The summed E-state index contributed by atoms with van der Waals surface area (Å²) in [6.45, 7) is 0.513. The maximum atomic E-state index is 12.3. The van der Waals surface area contributed by atoms with E-state index in [0.717, 1.165) is 22.6 Å². The zero-order chi connectivity index (χ0) is 22.0. The van der Waals surface area contributed by atoms with Gasteiger partial charge < -0.3 is 9.47 Å². The van der Waals surface area contributed by atoms with Gasteiger partial charge in [-0.2, -0.15) is 5.10 Å². The van der Waals surface area contributed by atoms with Gasteiger partial charge in [-0.25, -0.2) is 5.43 Å². The second-order valence-electron chi connectivity index (χ2n) is 6.98. The highest BCUT2D eigenvalue weighted by molar-refractivity contribution is 5.95. The Morgan fingerprint density at radius 3 is 2.00 bits per heavy atom. The Bertz CT molecular complexity index is 1160. The van der Waals surface area contributed by atoms with Crippen molar-refractivity contribution in [2.24, 2.45) is 5.10 Å². The molecule has 0 heterocycles. The van der Waals surface area contributed by atoms with Crippen molar-refractivity contribution in [3.8, 4) is 17.2 Å². The molecule has 4 rings (SSSR count). The summed E-state index contributed by atoms with van der Waals surface area (Å²) >= 11 is 0. The van der Waals surface area contributed by atoms with Crippen molar-refractivity contribution in [2.45, 2.75) is 6.61 Å². The fourth-order valence-electron chi connectivity index (χ4n) is 2.92. The van der Waals surface area contributed by atoms with Crippen molar-refractivity contribution < 1.29 is 14.3 Å². The van der Waals surface area contributed by atoms with Gasteiger partial charge in [0.1, 0.15) is 23.9 Å². The van der Waals surface area contributed by atoms with Gasteiger partial charge in [0, 0.05) is 5.56 Å². The smallest absolute Gasteiger partial charge is 0.271 e. The van der Waals surface area contributed by atoms with Gasteiger partial charge in [-0.3, -0.25) is 4.79 Å². The number of rotatable bonds is 8. The molecule has 0 aliphatic rings. The summed E-state index contributed by atoms with van der Waals surface area (Å²) in [4.78, 5) is 12.3.